The largest absolute Gasteiger partial charge is 0.508 e. The number of phenols is 1. The number of nitrogens with zero attached hydrogens (tertiary/aromatic N) is 2. The molecule has 1 heterocycles. The summed E-state index contributed by atoms with van der Waals surface area (Å²) in [5.74, 6) is -0.0121. The Bertz CT molecular complexity index is 789. The second-order valence-corrected chi connectivity index (χ2v) is 7.31. The first kappa shape index (κ1) is 19.6. The van der Waals surface area contributed by atoms with E-state index in [1.54, 1.807) is 30.3 Å². The molecule has 1 saturated heterocycles. The standard InChI is InChI=1S/C21H24ClFN2O2/c1-2-21(27)25(18-6-4-17(23)5-7-18)19-9-11-24(12-10-19)14-15-13-16(22)3-8-20(15)26/h3-8,13,19,26H,2,9-12,14H2,1H3. The number of carbonyl (C=O) groups is 1. The summed E-state index contributed by atoms with van der Waals surface area (Å²) in [6.45, 7) is 4.09. The second kappa shape index (κ2) is 8.72. The number of anilines is 1. The normalized spacial score (nSPS) is 15.7. The fourth-order valence-corrected chi connectivity index (χ4v) is 3.78. The third-order valence-electron chi connectivity index (χ3n) is 5.03. The zero-order chi connectivity index (χ0) is 19.4. The highest BCUT2D eigenvalue weighted by Crippen LogP contribution is 2.28. The molecule has 0 aliphatic carbocycles. The van der Waals surface area contributed by atoms with Gasteiger partial charge in [-0.3, -0.25) is 9.69 Å². The van der Waals surface area contributed by atoms with E-state index in [1.165, 1.54) is 12.1 Å². The van der Waals surface area contributed by atoms with Crippen LogP contribution >= 0.6 is 11.6 Å². The Kier molecular flexibility index (Phi) is 6.34. The number of carbonyl (C=O) groups excluding carboxylic acids is 1. The lowest BCUT2D eigenvalue weighted by molar-refractivity contribution is -0.119. The van der Waals surface area contributed by atoms with Gasteiger partial charge < -0.3 is 10.0 Å². The minimum atomic E-state index is -0.307. The molecule has 1 amide bonds. The molecule has 27 heavy (non-hydrogen) atoms. The summed E-state index contributed by atoms with van der Waals surface area (Å²) in [6.07, 6.45) is 2.06. The predicted molar refractivity (Wildman–Crippen MR) is 106 cm³/mol. The van der Waals surface area contributed by atoms with Crippen molar-refractivity contribution in [3.8, 4) is 5.75 Å². The third kappa shape index (κ3) is 4.79. The van der Waals surface area contributed by atoms with E-state index in [0.717, 1.165) is 37.2 Å². The summed E-state index contributed by atoms with van der Waals surface area (Å²) in [6, 6.07) is 11.3. The fraction of sp³-hybridized carbons (Fsp3) is 0.381. The van der Waals surface area contributed by atoms with Crippen molar-refractivity contribution in [2.75, 3.05) is 18.0 Å². The number of piperidine rings is 1. The molecule has 1 fully saturated rings. The third-order valence-corrected chi connectivity index (χ3v) is 5.27. The average molecular weight is 391 g/mol. The SMILES string of the molecule is CCC(=O)N(c1ccc(F)cc1)C1CCN(Cc2cc(Cl)ccc2O)CC1. The lowest BCUT2D eigenvalue weighted by atomic mass is 10.0. The number of halogens is 2. The Morgan fingerprint density at radius 3 is 2.52 bits per heavy atom. The Balaban J connectivity index is 1.67. The van der Waals surface area contributed by atoms with E-state index in [0.29, 0.717) is 18.0 Å². The molecule has 0 spiro atoms. The number of amides is 1. The Labute approximate surface area is 164 Å². The van der Waals surface area contributed by atoms with Gasteiger partial charge in [-0.15, -0.1) is 0 Å². The Morgan fingerprint density at radius 2 is 1.89 bits per heavy atom. The lowest BCUT2D eigenvalue weighted by Gasteiger charge is -2.38. The number of rotatable bonds is 5. The second-order valence-electron chi connectivity index (χ2n) is 6.87. The minimum Gasteiger partial charge on any atom is -0.508 e. The molecule has 6 heteroatoms. The molecule has 0 atom stereocenters. The van der Waals surface area contributed by atoms with Gasteiger partial charge in [0.2, 0.25) is 5.91 Å². The number of benzene rings is 2. The topological polar surface area (TPSA) is 43.8 Å². The molecule has 0 radical (unpaired) electrons. The summed E-state index contributed by atoms with van der Waals surface area (Å²) < 4.78 is 13.3. The van der Waals surface area contributed by atoms with E-state index in [-0.39, 0.29) is 23.5 Å². The van der Waals surface area contributed by atoms with Gasteiger partial charge in [0.1, 0.15) is 11.6 Å². The maximum Gasteiger partial charge on any atom is 0.226 e. The molecule has 144 valence electrons. The van der Waals surface area contributed by atoms with Crippen LogP contribution in [-0.4, -0.2) is 35.0 Å². The maximum atomic E-state index is 13.3. The molecular weight excluding hydrogens is 367 g/mol. The highest BCUT2D eigenvalue weighted by atomic mass is 35.5. The van der Waals surface area contributed by atoms with Crippen LogP contribution in [0, 0.1) is 5.82 Å². The van der Waals surface area contributed by atoms with Gasteiger partial charge in [0.05, 0.1) is 0 Å². The van der Waals surface area contributed by atoms with Gasteiger partial charge in [-0.05, 0) is 55.3 Å². The molecule has 2 aromatic rings. The lowest BCUT2D eigenvalue weighted by Crippen LogP contribution is -2.47. The molecular formula is C21H24ClFN2O2. The molecule has 1 aliphatic heterocycles. The summed E-state index contributed by atoms with van der Waals surface area (Å²) in [4.78, 5) is 16.6. The van der Waals surface area contributed by atoms with E-state index < -0.39 is 0 Å². The molecule has 1 aliphatic rings. The summed E-state index contributed by atoms with van der Waals surface area (Å²) in [5, 5.41) is 10.6. The average Bonchev–Trinajstić information content (AvgIpc) is 2.67. The molecule has 0 aromatic heterocycles. The van der Waals surface area contributed by atoms with Crippen LogP contribution in [0.5, 0.6) is 5.75 Å². The summed E-state index contributed by atoms with van der Waals surface area (Å²) in [7, 11) is 0. The fourth-order valence-electron chi connectivity index (χ4n) is 3.59. The van der Waals surface area contributed by atoms with Crippen molar-refractivity contribution in [3.63, 3.8) is 0 Å². The van der Waals surface area contributed by atoms with E-state index >= 15 is 0 Å². The number of phenolic OH excluding ortho intramolecular Hbond substituents is 1. The highest BCUT2D eigenvalue weighted by Gasteiger charge is 2.28. The number of hydrogen-bond acceptors (Lipinski definition) is 3. The minimum absolute atomic E-state index is 0.0487. The molecule has 0 bridgehead atoms. The van der Waals surface area contributed by atoms with Gasteiger partial charge in [0.15, 0.2) is 0 Å². The first-order valence-electron chi connectivity index (χ1n) is 9.25. The smallest absolute Gasteiger partial charge is 0.226 e. The molecule has 1 N–H and O–H groups in total. The van der Waals surface area contributed by atoms with E-state index in [9.17, 15) is 14.3 Å². The van der Waals surface area contributed by atoms with Crippen molar-refractivity contribution >= 4 is 23.2 Å². The molecule has 0 saturated carbocycles. The Morgan fingerprint density at radius 1 is 1.22 bits per heavy atom. The van der Waals surface area contributed by atoms with Crippen LogP contribution in [0.2, 0.25) is 5.02 Å². The van der Waals surface area contributed by atoms with Gasteiger partial charge in [-0.25, -0.2) is 4.39 Å². The van der Waals surface area contributed by atoms with Crippen LogP contribution in [0.15, 0.2) is 42.5 Å². The zero-order valence-corrected chi connectivity index (χ0v) is 16.1. The van der Waals surface area contributed by atoms with Crippen molar-refractivity contribution in [2.45, 2.75) is 38.8 Å². The van der Waals surface area contributed by atoms with Crippen molar-refractivity contribution in [2.24, 2.45) is 0 Å². The first-order chi connectivity index (χ1) is 13.0. The first-order valence-corrected chi connectivity index (χ1v) is 9.63. The van der Waals surface area contributed by atoms with Gasteiger partial charge in [0, 0.05) is 48.4 Å². The Hall–Kier alpha value is -2.11. The van der Waals surface area contributed by atoms with Crippen molar-refractivity contribution in [1.82, 2.24) is 4.90 Å². The van der Waals surface area contributed by atoms with Gasteiger partial charge in [-0.1, -0.05) is 18.5 Å². The van der Waals surface area contributed by atoms with Crippen LogP contribution in [-0.2, 0) is 11.3 Å². The van der Waals surface area contributed by atoms with Crippen LogP contribution < -0.4 is 4.90 Å². The molecule has 2 aromatic carbocycles. The highest BCUT2D eigenvalue weighted by molar-refractivity contribution is 6.30. The monoisotopic (exact) mass is 390 g/mol. The number of aromatic hydroxyl groups is 1. The maximum absolute atomic E-state index is 13.3. The van der Waals surface area contributed by atoms with Crippen LogP contribution in [0.4, 0.5) is 10.1 Å². The van der Waals surface area contributed by atoms with E-state index in [4.69, 9.17) is 11.6 Å². The predicted octanol–water partition coefficient (Wildman–Crippen LogP) is 4.59. The summed E-state index contributed by atoms with van der Waals surface area (Å²) >= 11 is 6.03. The summed E-state index contributed by atoms with van der Waals surface area (Å²) in [5.41, 5.74) is 1.55. The molecule has 4 nitrogen and oxygen atoms in total. The van der Waals surface area contributed by atoms with Crippen molar-refractivity contribution in [3.05, 3.63) is 58.9 Å². The molecule has 0 unspecified atom stereocenters. The van der Waals surface area contributed by atoms with Crippen LogP contribution in [0.3, 0.4) is 0 Å². The number of hydrogen-bond donors (Lipinski definition) is 1. The quantitative estimate of drug-likeness (QED) is 0.811. The van der Waals surface area contributed by atoms with Crippen molar-refractivity contribution < 1.29 is 14.3 Å². The zero-order valence-electron chi connectivity index (χ0n) is 15.4. The molecule has 3 rings (SSSR count). The van der Waals surface area contributed by atoms with Crippen LogP contribution in [0.25, 0.3) is 0 Å². The van der Waals surface area contributed by atoms with Gasteiger partial charge >= 0.3 is 0 Å². The van der Waals surface area contributed by atoms with E-state index in [1.807, 2.05) is 11.8 Å². The van der Waals surface area contributed by atoms with Gasteiger partial charge in [0.25, 0.3) is 0 Å². The van der Waals surface area contributed by atoms with Gasteiger partial charge in [-0.2, -0.15) is 0 Å². The van der Waals surface area contributed by atoms with Crippen LogP contribution in [0.1, 0.15) is 31.7 Å². The van der Waals surface area contributed by atoms with Crippen molar-refractivity contribution in [1.29, 1.82) is 0 Å². The van der Waals surface area contributed by atoms with E-state index in [2.05, 4.69) is 4.90 Å². The number of likely N-dealkylation sites (tertiary alicyclic amines) is 1.